The summed E-state index contributed by atoms with van der Waals surface area (Å²) < 4.78 is 31.8. The third-order valence-corrected chi connectivity index (χ3v) is 4.67. The number of benzene rings is 2. The van der Waals surface area contributed by atoms with Crippen LogP contribution in [0.3, 0.4) is 0 Å². The number of esters is 1. The highest BCUT2D eigenvalue weighted by Crippen LogP contribution is 2.29. The van der Waals surface area contributed by atoms with Crippen LogP contribution in [0, 0.1) is 0 Å². The summed E-state index contributed by atoms with van der Waals surface area (Å²) in [6.45, 7) is 0. The zero-order chi connectivity index (χ0) is 16.3. The number of anilines is 2. The average Bonchev–Trinajstić information content (AvgIpc) is 2.46. The topological polar surface area (TPSA) is 98.5 Å². The fourth-order valence-electron chi connectivity index (χ4n) is 1.78. The Bertz CT molecular complexity index is 807. The second-order valence-corrected chi connectivity index (χ2v) is 6.39. The van der Waals surface area contributed by atoms with Crippen molar-refractivity contribution in [3.63, 3.8) is 0 Å². The summed E-state index contributed by atoms with van der Waals surface area (Å²) in [4.78, 5) is 11.4. The van der Waals surface area contributed by atoms with Crippen molar-refractivity contribution in [2.75, 3.05) is 17.6 Å². The van der Waals surface area contributed by atoms with Crippen LogP contribution in [-0.2, 0) is 14.8 Å². The Morgan fingerprint density at radius 3 is 2.45 bits per heavy atom. The smallest absolute Gasteiger partial charge is 0.340 e. The molecule has 0 aromatic heterocycles. The first-order valence-electron chi connectivity index (χ1n) is 6.10. The molecule has 116 valence electrons. The summed E-state index contributed by atoms with van der Waals surface area (Å²) in [5.74, 6) is -0.745. The number of hydrogen-bond donors (Lipinski definition) is 2. The molecule has 0 aliphatic heterocycles. The van der Waals surface area contributed by atoms with E-state index >= 15 is 0 Å². The highest BCUT2D eigenvalue weighted by molar-refractivity contribution is 7.92. The van der Waals surface area contributed by atoms with Crippen LogP contribution in [-0.4, -0.2) is 21.5 Å². The van der Waals surface area contributed by atoms with Gasteiger partial charge in [0.1, 0.15) is 4.90 Å². The van der Waals surface area contributed by atoms with E-state index in [1.54, 1.807) is 30.3 Å². The normalized spacial score (nSPS) is 11.0. The van der Waals surface area contributed by atoms with E-state index in [0.717, 1.165) is 6.07 Å². The number of carbonyl (C=O) groups excluding carboxylic acids is 1. The van der Waals surface area contributed by atoms with Gasteiger partial charge in [-0.2, -0.15) is 0 Å². The standard InChI is InChI=1S/C14H13ClN2O4S/c1-21-14(18)10-7-13(11(15)8-12(10)16)22(19,20)17-9-5-3-2-4-6-9/h2-8,17H,16H2,1H3. The summed E-state index contributed by atoms with van der Waals surface area (Å²) in [7, 11) is -2.80. The van der Waals surface area contributed by atoms with E-state index in [2.05, 4.69) is 9.46 Å². The van der Waals surface area contributed by atoms with E-state index in [-0.39, 0.29) is 21.2 Å². The molecule has 0 spiro atoms. The molecule has 0 atom stereocenters. The number of nitrogens with two attached hydrogens (primary N) is 1. The molecule has 0 unspecified atom stereocenters. The third kappa shape index (κ3) is 3.32. The number of halogens is 1. The minimum atomic E-state index is -3.97. The molecule has 0 amide bonds. The van der Waals surface area contributed by atoms with Crippen molar-refractivity contribution in [2.45, 2.75) is 4.90 Å². The van der Waals surface area contributed by atoms with Crippen LogP contribution in [0.2, 0.25) is 5.02 Å². The molecule has 3 N–H and O–H groups in total. The van der Waals surface area contributed by atoms with Crippen molar-refractivity contribution in [3.8, 4) is 0 Å². The van der Waals surface area contributed by atoms with Crippen molar-refractivity contribution in [1.29, 1.82) is 0 Å². The number of ether oxygens (including phenoxy) is 1. The molecule has 0 saturated carbocycles. The molecule has 0 heterocycles. The van der Waals surface area contributed by atoms with Crippen molar-refractivity contribution >= 4 is 39.0 Å². The summed E-state index contributed by atoms with van der Waals surface area (Å²) in [5, 5.41) is -0.0893. The lowest BCUT2D eigenvalue weighted by Gasteiger charge is -2.12. The molecule has 0 bridgehead atoms. The maximum atomic E-state index is 12.4. The van der Waals surface area contributed by atoms with Gasteiger partial charge in [0.15, 0.2) is 0 Å². The van der Waals surface area contributed by atoms with Crippen LogP contribution < -0.4 is 10.5 Å². The van der Waals surface area contributed by atoms with Gasteiger partial charge >= 0.3 is 5.97 Å². The SMILES string of the molecule is COC(=O)c1cc(S(=O)(=O)Nc2ccccc2)c(Cl)cc1N. The molecule has 8 heteroatoms. The lowest BCUT2D eigenvalue weighted by Crippen LogP contribution is -2.15. The first kappa shape index (κ1) is 16.1. The van der Waals surface area contributed by atoms with E-state index in [0.29, 0.717) is 5.69 Å². The van der Waals surface area contributed by atoms with Gasteiger partial charge in [0.2, 0.25) is 0 Å². The van der Waals surface area contributed by atoms with Gasteiger partial charge in [-0.15, -0.1) is 0 Å². The first-order valence-corrected chi connectivity index (χ1v) is 7.96. The van der Waals surface area contributed by atoms with E-state index in [4.69, 9.17) is 17.3 Å². The Morgan fingerprint density at radius 2 is 1.86 bits per heavy atom. The van der Waals surface area contributed by atoms with Crippen LogP contribution in [0.4, 0.5) is 11.4 Å². The zero-order valence-corrected chi connectivity index (χ0v) is 13.1. The van der Waals surface area contributed by atoms with Crippen LogP contribution >= 0.6 is 11.6 Å². The monoisotopic (exact) mass is 340 g/mol. The van der Waals surface area contributed by atoms with Gasteiger partial charge in [0.05, 0.1) is 17.7 Å². The molecule has 2 aromatic carbocycles. The van der Waals surface area contributed by atoms with Gasteiger partial charge < -0.3 is 10.5 Å². The summed E-state index contributed by atoms with van der Waals surface area (Å²) in [6.07, 6.45) is 0. The fraction of sp³-hybridized carbons (Fsp3) is 0.0714. The average molecular weight is 341 g/mol. The van der Waals surface area contributed by atoms with Crippen LogP contribution in [0.15, 0.2) is 47.4 Å². The Kier molecular flexibility index (Phi) is 4.58. The third-order valence-electron chi connectivity index (χ3n) is 2.82. The Morgan fingerprint density at radius 1 is 1.23 bits per heavy atom. The Balaban J connectivity index is 2.49. The van der Waals surface area contributed by atoms with Crippen LogP contribution in [0.5, 0.6) is 0 Å². The Labute approximate surface area is 132 Å². The number of methoxy groups -OCH3 is 1. The number of sulfonamides is 1. The largest absolute Gasteiger partial charge is 0.465 e. The molecule has 0 aliphatic carbocycles. The lowest BCUT2D eigenvalue weighted by atomic mass is 10.2. The number of rotatable bonds is 4. The molecule has 0 saturated heterocycles. The number of carbonyl (C=O) groups is 1. The molecule has 0 fully saturated rings. The highest BCUT2D eigenvalue weighted by atomic mass is 35.5. The van der Waals surface area contributed by atoms with Crippen molar-refractivity contribution in [2.24, 2.45) is 0 Å². The lowest BCUT2D eigenvalue weighted by molar-refractivity contribution is 0.0601. The van der Waals surface area contributed by atoms with Gasteiger partial charge in [-0.3, -0.25) is 4.72 Å². The molecular formula is C14H13ClN2O4S. The molecule has 22 heavy (non-hydrogen) atoms. The number of nitrogens with one attached hydrogen (secondary N) is 1. The van der Waals surface area contributed by atoms with E-state index < -0.39 is 16.0 Å². The molecule has 2 aromatic rings. The summed E-state index contributed by atoms with van der Waals surface area (Å²) in [6, 6.07) is 10.6. The van der Waals surface area contributed by atoms with Crippen LogP contribution in [0.25, 0.3) is 0 Å². The predicted octanol–water partition coefficient (Wildman–Crippen LogP) is 2.51. The fourth-order valence-corrected chi connectivity index (χ4v) is 3.40. The molecule has 0 radical (unpaired) electrons. The summed E-state index contributed by atoms with van der Waals surface area (Å²) >= 11 is 5.95. The van der Waals surface area contributed by atoms with Crippen LogP contribution in [0.1, 0.15) is 10.4 Å². The van der Waals surface area contributed by atoms with Gasteiger partial charge in [-0.05, 0) is 24.3 Å². The minimum absolute atomic E-state index is 0.0375. The molecule has 6 nitrogen and oxygen atoms in total. The molecule has 0 aliphatic rings. The number of nitrogen functional groups attached to an aromatic ring is 1. The molecule has 2 rings (SSSR count). The van der Waals surface area contributed by atoms with Gasteiger partial charge in [-0.1, -0.05) is 29.8 Å². The number of hydrogen-bond acceptors (Lipinski definition) is 5. The second-order valence-electron chi connectivity index (χ2n) is 4.33. The highest BCUT2D eigenvalue weighted by Gasteiger charge is 2.22. The number of para-hydroxylation sites is 1. The predicted molar refractivity (Wildman–Crippen MR) is 84.5 cm³/mol. The maximum absolute atomic E-state index is 12.4. The van der Waals surface area contributed by atoms with Gasteiger partial charge in [-0.25, -0.2) is 13.2 Å². The first-order chi connectivity index (χ1) is 10.3. The van der Waals surface area contributed by atoms with E-state index in [1.807, 2.05) is 0 Å². The maximum Gasteiger partial charge on any atom is 0.340 e. The second kappa shape index (κ2) is 6.25. The zero-order valence-electron chi connectivity index (χ0n) is 11.5. The van der Waals surface area contributed by atoms with Gasteiger partial charge in [0, 0.05) is 11.4 Å². The van der Waals surface area contributed by atoms with Crippen molar-refractivity contribution in [1.82, 2.24) is 0 Å². The summed E-state index contributed by atoms with van der Waals surface area (Å²) in [5.41, 5.74) is 6.00. The minimum Gasteiger partial charge on any atom is -0.465 e. The van der Waals surface area contributed by atoms with Gasteiger partial charge in [0.25, 0.3) is 10.0 Å². The van der Waals surface area contributed by atoms with Crippen molar-refractivity contribution < 1.29 is 17.9 Å². The molecular weight excluding hydrogens is 328 g/mol. The van der Waals surface area contributed by atoms with E-state index in [9.17, 15) is 13.2 Å². The Hall–Kier alpha value is -2.25. The van der Waals surface area contributed by atoms with E-state index in [1.165, 1.54) is 13.2 Å². The van der Waals surface area contributed by atoms with Crippen molar-refractivity contribution in [3.05, 3.63) is 53.1 Å². The quantitative estimate of drug-likeness (QED) is 0.658.